The molecule has 2 aliphatic rings. The highest BCUT2D eigenvalue weighted by atomic mass is 16.5. The number of ether oxygens (including phenoxy) is 2. The van der Waals surface area contributed by atoms with Gasteiger partial charge in [0, 0.05) is 17.6 Å². The smallest absolute Gasteiger partial charge is 0.262 e. The second-order valence-corrected chi connectivity index (χ2v) is 8.74. The lowest BCUT2D eigenvalue weighted by Gasteiger charge is -2.32. The van der Waals surface area contributed by atoms with Gasteiger partial charge in [0.25, 0.3) is 5.91 Å². The molecule has 1 fully saturated rings. The van der Waals surface area contributed by atoms with Gasteiger partial charge in [0.15, 0.2) is 6.61 Å². The van der Waals surface area contributed by atoms with E-state index in [4.69, 9.17) is 9.47 Å². The molecule has 32 heavy (non-hydrogen) atoms. The number of benzene rings is 2. The zero-order valence-corrected chi connectivity index (χ0v) is 18.5. The third-order valence-corrected chi connectivity index (χ3v) is 6.43. The Labute approximate surface area is 188 Å². The highest BCUT2D eigenvalue weighted by Crippen LogP contribution is 2.34. The SMILES string of the molecule is Cc1ccc2c(OCCN3CCC(Cc4cccc5c4OCC(=O)N5)CC3)cccc2n1. The van der Waals surface area contributed by atoms with Crippen molar-refractivity contribution in [2.45, 2.75) is 26.2 Å². The van der Waals surface area contributed by atoms with Crippen molar-refractivity contribution >= 4 is 22.5 Å². The summed E-state index contributed by atoms with van der Waals surface area (Å²) >= 11 is 0. The van der Waals surface area contributed by atoms with Gasteiger partial charge in [-0.15, -0.1) is 0 Å². The fraction of sp³-hybridized carbons (Fsp3) is 0.385. The standard InChI is InChI=1S/C26H29N3O3/c1-18-8-9-21-22(27-18)5-3-7-24(21)31-15-14-29-12-10-19(11-13-29)16-20-4-2-6-23-26(20)32-17-25(30)28-23/h2-9,19H,10-17H2,1H3,(H,28,30). The van der Waals surface area contributed by atoms with E-state index >= 15 is 0 Å². The monoisotopic (exact) mass is 431 g/mol. The van der Waals surface area contributed by atoms with Crippen LogP contribution < -0.4 is 14.8 Å². The molecule has 6 nitrogen and oxygen atoms in total. The first-order chi connectivity index (χ1) is 15.7. The van der Waals surface area contributed by atoms with Gasteiger partial charge >= 0.3 is 0 Å². The maximum Gasteiger partial charge on any atom is 0.262 e. The molecule has 0 atom stereocenters. The summed E-state index contributed by atoms with van der Waals surface area (Å²) in [6, 6.07) is 16.2. The minimum absolute atomic E-state index is 0.0833. The molecule has 0 spiro atoms. The quantitative estimate of drug-likeness (QED) is 0.634. The van der Waals surface area contributed by atoms with Gasteiger partial charge < -0.3 is 14.8 Å². The molecule has 1 N–H and O–H groups in total. The van der Waals surface area contributed by atoms with Crippen LogP contribution in [0.4, 0.5) is 5.69 Å². The lowest BCUT2D eigenvalue weighted by molar-refractivity contribution is -0.118. The summed E-state index contributed by atoms with van der Waals surface area (Å²) in [5.74, 6) is 2.31. The first kappa shape index (κ1) is 20.8. The Kier molecular flexibility index (Phi) is 5.95. The highest BCUT2D eigenvalue weighted by Gasteiger charge is 2.24. The van der Waals surface area contributed by atoms with Crippen LogP contribution >= 0.6 is 0 Å². The number of amides is 1. The molecule has 3 aromatic rings. The van der Waals surface area contributed by atoms with E-state index < -0.39 is 0 Å². The first-order valence-electron chi connectivity index (χ1n) is 11.4. The van der Waals surface area contributed by atoms with Crippen molar-refractivity contribution in [1.82, 2.24) is 9.88 Å². The van der Waals surface area contributed by atoms with Crippen molar-refractivity contribution in [1.29, 1.82) is 0 Å². The Morgan fingerprint density at radius 1 is 1.12 bits per heavy atom. The zero-order chi connectivity index (χ0) is 21.9. The van der Waals surface area contributed by atoms with Crippen molar-refractivity contribution in [2.75, 3.05) is 38.2 Å². The molecule has 3 heterocycles. The fourth-order valence-corrected chi connectivity index (χ4v) is 4.70. The van der Waals surface area contributed by atoms with Gasteiger partial charge in [-0.05, 0) is 81.1 Å². The second kappa shape index (κ2) is 9.17. The predicted octanol–water partition coefficient (Wildman–Crippen LogP) is 4.21. The van der Waals surface area contributed by atoms with E-state index in [0.717, 1.165) is 72.7 Å². The van der Waals surface area contributed by atoms with Crippen LogP contribution in [0.2, 0.25) is 0 Å². The molecule has 0 saturated carbocycles. The average Bonchev–Trinajstić information content (AvgIpc) is 2.80. The molecule has 166 valence electrons. The van der Waals surface area contributed by atoms with E-state index in [9.17, 15) is 4.79 Å². The topological polar surface area (TPSA) is 63.7 Å². The number of piperidine rings is 1. The average molecular weight is 432 g/mol. The van der Waals surface area contributed by atoms with Gasteiger partial charge in [-0.1, -0.05) is 18.2 Å². The number of aromatic nitrogens is 1. The van der Waals surface area contributed by atoms with E-state index in [1.54, 1.807) is 0 Å². The summed E-state index contributed by atoms with van der Waals surface area (Å²) in [4.78, 5) is 18.6. The van der Waals surface area contributed by atoms with Crippen LogP contribution in [0.1, 0.15) is 24.1 Å². The number of fused-ring (bicyclic) bond motifs is 2. The van der Waals surface area contributed by atoms with E-state index in [-0.39, 0.29) is 12.5 Å². The van der Waals surface area contributed by atoms with Gasteiger partial charge in [-0.25, -0.2) is 0 Å². The van der Waals surface area contributed by atoms with E-state index in [2.05, 4.69) is 27.3 Å². The summed E-state index contributed by atoms with van der Waals surface area (Å²) in [7, 11) is 0. The number of hydrogen-bond donors (Lipinski definition) is 1. The van der Waals surface area contributed by atoms with Crippen molar-refractivity contribution in [3.05, 3.63) is 59.8 Å². The number of nitrogens with one attached hydrogen (secondary N) is 1. The molecule has 2 aliphatic heterocycles. The van der Waals surface area contributed by atoms with Crippen molar-refractivity contribution < 1.29 is 14.3 Å². The van der Waals surface area contributed by atoms with Crippen LogP contribution in [0, 0.1) is 12.8 Å². The molecule has 1 saturated heterocycles. The van der Waals surface area contributed by atoms with Gasteiger partial charge in [-0.2, -0.15) is 0 Å². The molecular formula is C26H29N3O3. The first-order valence-corrected chi connectivity index (χ1v) is 11.4. The number of pyridine rings is 1. The highest BCUT2D eigenvalue weighted by molar-refractivity contribution is 5.95. The molecule has 0 unspecified atom stereocenters. The van der Waals surface area contributed by atoms with Crippen LogP contribution in [0.3, 0.4) is 0 Å². The number of hydrogen-bond acceptors (Lipinski definition) is 5. The van der Waals surface area contributed by atoms with Crippen LogP contribution in [-0.2, 0) is 11.2 Å². The number of likely N-dealkylation sites (tertiary alicyclic amines) is 1. The third-order valence-electron chi connectivity index (χ3n) is 6.43. The molecule has 5 rings (SSSR count). The maximum absolute atomic E-state index is 11.6. The number of carbonyl (C=O) groups excluding carboxylic acids is 1. The Morgan fingerprint density at radius 3 is 2.84 bits per heavy atom. The Bertz CT molecular complexity index is 1120. The number of nitrogens with zero attached hydrogens (tertiary/aromatic N) is 2. The Morgan fingerprint density at radius 2 is 1.97 bits per heavy atom. The Balaban J connectivity index is 1.12. The molecule has 0 aliphatic carbocycles. The lowest BCUT2D eigenvalue weighted by atomic mass is 9.89. The molecule has 0 radical (unpaired) electrons. The number of aryl methyl sites for hydroxylation is 1. The summed E-state index contributed by atoms with van der Waals surface area (Å²) in [6.07, 6.45) is 3.31. The maximum atomic E-state index is 11.6. The van der Waals surface area contributed by atoms with E-state index in [1.165, 1.54) is 5.56 Å². The zero-order valence-electron chi connectivity index (χ0n) is 18.5. The Hall–Kier alpha value is -3.12. The van der Waals surface area contributed by atoms with Gasteiger partial charge in [0.05, 0.1) is 11.2 Å². The van der Waals surface area contributed by atoms with Gasteiger partial charge in [0.1, 0.15) is 18.1 Å². The predicted molar refractivity (Wildman–Crippen MR) is 125 cm³/mol. The van der Waals surface area contributed by atoms with E-state index in [1.807, 2.05) is 43.3 Å². The molecule has 1 aromatic heterocycles. The number of rotatable bonds is 6. The summed E-state index contributed by atoms with van der Waals surface area (Å²) in [6.45, 7) is 5.88. The van der Waals surface area contributed by atoms with Crippen LogP contribution in [0.15, 0.2) is 48.5 Å². The minimum atomic E-state index is -0.0833. The van der Waals surface area contributed by atoms with Crippen molar-refractivity contribution in [3.8, 4) is 11.5 Å². The summed E-state index contributed by atoms with van der Waals surface area (Å²) in [5.41, 5.74) is 4.00. The van der Waals surface area contributed by atoms with Gasteiger partial charge in [-0.3, -0.25) is 14.7 Å². The van der Waals surface area contributed by atoms with Crippen LogP contribution in [-0.4, -0.2) is 48.6 Å². The molecule has 2 aromatic carbocycles. The largest absolute Gasteiger partial charge is 0.492 e. The summed E-state index contributed by atoms with van der Waals surface area (Å²) < 4.78 is 11.8. The number of anilines is 1. The second-order valence-electron chi connectivity index (χ2n) is 8.74. The summed E-state index contributed by atoms with van der Waals surface area (Å²) in [5, 5.41) is 3.98. The minimum Gasteiger partial charge on any atom is -0.492 e. The van der Waals surface area contributed by atoms with Gasteiger partial charge in [0.2, 0.25) is 0 Å². The normalized spacial score (nSPS) is 17.0. The molecule has 1 amide bonds. The molecule has 0 bridgehead atoms. The number of para-hydroxylation sites is 1. The van der Waals surface area contributed by atoms with Crippen molar-refractivity contribution in [3.63, 3.8) is 0 Å². The van der Waals surface area contributed by atoms with Crippen molar-refractivity contribution in [2.24, 2.45) is 5.92 Å². The van der Waals surface area contributed by atoms with Crippen LogP contribution in [0.5, 0.6) is 11.5 Å². The molecular weight excluding hydrogens is 402 g/mol. The lowest BCUT2D eigenvalue weighted by Crippen LogP contribution is -2.37. The van der Waals surface area contributed by atoms with E-state index in [0.29, 0.717) is 12.5 Å². The fourth-order valence-electron chi connectivity index (χ4n) is 4.70. The molecule has 6 heteroatoms. The third kappa shape index (κ3) is 4.55. The number of carbonyl (C=O) groups is 1. The van der Waals surface area contributed by atoms with Crippen LogP contribution in [0.25, 0.3) is 10.9 Å².